The van der Waals surface area contributed by atoms with Crippen LogP contribution in [0.25, 0.3) is 0 Å². The molecule has 0 aromatic heterocycles. The molecule has 0 aromatic carbocycles. The van der Waals surface area contributed by atoms with Gasteiger partial charge in [-0.15, -0.1) is 0 Å². The third-order valence-electron chi connectivity index (χ3n) is 3.11. The molecule has 1 aliphatic carbocycles. The maximum absolute atomic E-state index is 11.6. The Hall–Kier alpha value is -0.990. The lowest BCUT2D eigenvalue weighted by molar-refractivity contribution is -0.117. The fraction of sp³-hybridized carbons (Fsp3) is 0.769. The van der Waals surface area contributed by atoms with E-state index in [0.717, 1.165) is 12.8 Å². The summed E-state index contributed by atoms with van der Waals surface area (Å²) >= 11 is 0. The average molecular weight is 225 g/mol. The highest BCUT2D eigenvalue weighted by atomic mass is 16.5. The van der Waals surface area contributed by atoms with E-state index in [1.54, 1.807) is 14.0 Å². The standard InChI is InChI=1S/C13H23NO2/c1-11(16-2)10-13(15)14-12-8-6-4-3-5-7-9-12/h10,12H,3-9H2,1-2H3,(H,14,15)/b11-10-. The first-order valence-electron chi connectivity index (χ1n) is 6.25. The fourth-order valence-electron chi connectivity index (χ4n) is 2.09. The van der Waals surface area contributed by atoms with E-state index in [4.69, 9.17) is 4.74 Å². The highest BCUT2D eigenvalue weighted by molar-refractivity contribution is 5.88. The molecule has 0 unspecified atom stereocenters. The smallest absolute Gasteiger partial charge is 0.247 e. The molecule has 0 aliphatic heterocycles. The minimum atomic E-state index is -0.0232. The number of nitrogens with one attached hydrogen (secondary N) is 1. The number of hydrogen-bond acceptors (Lipinski definition) is 2. The summed E-state index contributed by atoms with van der Waals surface area (Å²) in [5, 5.41) is 3.06. The summed E-state index contributed by atoms with van der Waals surface area (Å²) < 4.78 is 4.95. The molecule has 3 heteroatoms. The van der Waals surface area contributed by atoms with Gasteiger partial charge in [-0.1, -0.05) is 32.1 Å². The molecule has 1 aliphatic rings. The van der Waals surface area contributed by atoms with E-state index in [9.17, 15) is 4.79 Å². The van der Waals surface area contributed by atoms with Crippen LogP contribution in [0, 0.1) is 0 Å². The van der Waals surface area contributed by atoms with Crippen molar-refractivity contribution in [3.63, 3.8) is 0 Å². The molecule has 92 valence electrons. The van der Waals surface area contributed by atoms with Gasteiger partial charge in [-0.05, 0) is 19.8 Å². The summed E-state index contributed by atoms with van der Waals surface area (Å²) in [6.45, 7) is 1.79. The SMILES string of the molecule is CO/C(C)=C\C(=O)NC1CCCCCCC1. The van der Waals surface area contributed by atoms with Crippen LogP contribution in [0.2, 0.25) is 0 Å². The molecule has 1 amide bonds. The Morgan fingerprint density at radius 1 is 1.19 bits per heavy atom. The van der Waals surface area contributed by atoms with Crippen LogP contribution < -0.4 is 5.32 Å². The zero-order valence-electron chi connectivity index (χ0n) is 10.4. The Bertz CT molecular complexity index is 240. The molecule has 16 heavy (non-hydrogen) atoms. The molecule has 0 spiro atoms. The van der Waals surface area contributed by atoms with Gasteiger partial charge in [0.05, 0.1) is 12.9 Å². The first-order chi connectivity index (χ1) is 7.72. The van der Waals surface area contributed by atoms with E-state index in [1.807, 2.05) is 0 Å². The average Bonchev–Trinajstić information content (AvgIpc) is 2.21. The van der Waals surface area contributed by atoms with Crippen molar-refractivity contribution in [1.82, 2.24) is 5.32 Å². The monoisotopic (exact) mass is 225 g/mol. The second kappa shape index (κ2) is 7.31. The number of hydrogen-bond donors (Lipinski definition) is 1. The van der Waals surface area contributed by atoms with Gasteiger partial charge in [0.15, 0.2) is 0 Å². The van der Waals surface area contributed by atoms with Crippen molar-refractivity contribution < 1.29 is 9.53 Å². The molecule has 0 atom stereocenters. The van der Waals surface area contributed by atoms with E-state index in [1.165, 1.54) is 38.2 Å². The lowest BCUT2D eigenvalue weighted by Crippen LogP contribution is -2.34. The largest absolute Gasteiger partial charge is 0.501 e. The lowest BCUT2D eigenvalue weighted by atomic mass is 9.97. The normalized spacial score (nSPS) is 19.8. The molecule has 1 fully saturated rings. The number of amides is 1. The van der Waals surface area contributed by atoms with Crippen molar-refractivity contribution in [2.24, 2.45) is 0 Å². The number of carbonyl (C=O) groups is 1. The Balaban J connectivity index is 2.36. The number of allylic oxidation sites excluding steroid dienone is 1. The van der Waals surface area contributed by atoms with Gasteiger partial charge in [0.25, 0.3) is 0 Å². The van der Waals surface area contributed by atoms with Crippen molar-refractivity contribution in [3.05, 3.63) is 11.8 Å². The van der Waals surface area contributed by atoms with Crippen LogP contribution >= 0.6 is 0 Å². The molecule has 0 aromatic rings. The Kier molecular flexibility index (Phi) is 5.98. The molecule has 0 radical (unpaired) electrons. The van der Waals surface area contributed by atoms with E-state index in [-0.39, 0.29) is 5.91 Å². The summed E-state index contributed by atoms with van der Waals surface area (Å²) in [7, 11) is 1.58. The minimum Gasteiger partial charge on any atom is -0.501 e. The van der Waals surface area contributed by atoms with Crippen LogP contribution in [0.3, 0.4) is 0 Å². The highest BCUT2D eigenvalue weighted by Crippen LogP contribution is 2.17. The summed E-state index contributed by atoms with van der Waals surface area (Å²) in [4.78, 5) is 11.6. The second-order valence-electron chi connectivity index (χ2n) is 4.51. The predicted octanol–water partition coefficient (Wildman–Crippen LogP) is 2.77. The number of rotatable bonds is 3. The maximum Gasteiger partial charge on any atom is 0.247 e. The predicted molar refractivity (Wildman–Crippen MR) is 65.0 cm³/mol. The Morgan fingerprint density at radius 3 is 2.31 bits per heavy atom. The molecule has 1 saturated carbocycles. The summed E-state index contributed by atoms with van der Waals surface area (Å²) in [5.41, 5.74) is 0. The van der Waals surface area contributed by atoms with Gasteiger partial charge in [0.1, 0.15) is 0 Å². The molecule has 0 heterocycles. The number of methoxy groups -OCH3 is 1. The van der Waals surface area contributed by atoms with E-state index < -0.39 is 0 Å². The minimum absolute atomic E-state index is 0.0232. The first kappa shape index (κ1) is 13.1. The van der Waals surface area contributed by atoms with Gasteiger partial charge in [0, 0.05) is 12.1 Å². The van der Waals surface area contributed by atoms with Gasteiger partial charge >= 0.3 is 0 Å². The lowest BCUT2D eigenvalue weighted by Gasteiger charge is -2.20. The van der Waals surface area contributed by atoms with Gasteiger partial charge in [0.2, 0.25) is 5.91 Å². The summed E-state index contributed by atoms with van der Waals surface area (Å²) in [6, 6.07) is 0.355. The van der Waals surface area contributed by atoms with Crippen molar-refractivity contribution in [2.45, 2.75) is 57.9 Å². The van der Waals surface area contributed by atoms with Crippen LogP contribution in [-0.2, 0) is 9.53 Å². The van der Waals surface area contributed by atoms with E-state index in [0.29, 0.717) is 11.8 Å². The number of ether oxygens (including phenoxy) is 1. The van der Waals surface area contributed by atoms with Gasteiger partial charge in [-0.2, -0.15) is 0 Å². The van der Waals surface area contributed by atoms with Crippen molar-refractivity contribution in [3.8, 4) is 0 Å². The van der Waals surface area contributed by atoms with Crippen LogP contribution in [-0.4, -0.2) is 19.1 Å². The molecule has 1 N–H and O–H groups in total. The molecular weight excluding hydrogens is 202 g/mol. The molecule has 1 rings (SSSR count). The molecule has 3 nitrogen and oxygen atoms in total. The molecule has 0 bridgehead atoms. The van der Waals surface area contributed by atoms with Crippen LogP contribution in [0.4, 0.5) is 0 Å². The van der Waals surface area contributed by atoms with E-state index in [2.05, 4.69) is 5.32 Å². The van der Waals surface area contributed by atoms with Crippen LogP contribution in [0.15, 0.2) is 11.8 Å². The first-order valence-corrected chi connectivity index (χ1v) is 6.25. The van der Waals surface area contributed by atoms with Crippen molar-refractivity contribution in [2.75, 3.05) is 7.11 Å². The Morgan fingerprint density at radius 2 is 1.75 bits per heavy atom. The maximum atomic E-state index is 11.6. The topological polar surface area (TPSA) is 38.3 Å². The second-order valence-corrected chi connectivity index (χ2v) is 4.51. The van der Waals surface area contributed by atoms with E-state index >= 15 is 0 Å². The zero-order valence-corrected chi connectivity index (χ0v) is 10.4. The van der Waals surface area contributed by atoms with Crippen LogP contribution in [0.5, 0.6) is 0 Å². The van der Waals surface area contributed by atoms with Crippen molar-refractivity contribution >= 4 is 5.91 Å². The highest BCUT2D eigenvalue weighted by Gasteiger charge is 2.12. The number of carbonyl (C=O) groups excluding carboxylic acids is 1. The van der Waals surface area contributed by atoms with Gasteiger partial charge in [-0.3, -0.25) is 4.79 Å². The van der Waals surface area contributed by atoms with Gasteiger partial charge in [-0.25, -0.2) is 0 Å². The summed E-state index contributed by atoms with van der Waals surface area (Å²) in [5.74, 6) is 0.633. The molecular formula is C13H23NO2. The zero-order chi connectivity index (χ0) is 11.8. The Labute approximate surface area is 98.2 Å². The third-order valence-corrected chi connectivity index (χ3v) is 3.11. The van der Waals surface area contributed by atoms with Crippen LogP contribution in [0.1, 0.15) is 51.9 Å². The van der Waals surface area contributed by atoms with Gasteiger partial charge < -0.3 is 10.1 Å². The fourth-order valence-corrected chi connectivity index (χ4v) is 2.09. The summed E-state index contributed by atoms with van der Waals surface area (Å²) in [6.07, 6.45) is 10.2. The third kappa shape index (κ3) is 5.19. The van der Waals surface area contributed by atoms with Crippen molar-refractivity contribution in [1.29, 1.82) is 0 Å². The quantitative estimate of drug-likeness (QED) is 0.592. The molecule has 0 saturated heterocycles.